The molecule has 3 aromatic rings. The molecule has 1 aromatic heterocycles. The van der Waals surface area contributed by atoms with E-state index in [2.05, 4.69) is 27.4 Å². The highest BCUT2D eigenvalue weighted by Crippen LogP contribution is 2.24. The highest BCUT2D eigenvalue weighted by Gasteiger charge is 2.19. The SMILES string of the molecule is COc1cn(-c2ccccc2)nc1C(=O)Nc1ccc(N2CCCCCC2)cc1. The average molecular weight is 390 g/mol. The van der Waals surface area contributed by atoms with Crippen LogP contribution in [0.1, 0.15) is 36.2 Å². The Hall–Kier alpha value is -3.28. The third kappa shape index (κ3) is 4.42. The zero-order chi connectivity index (χ0) is 20.1. The number of methoxy groups -OCH3 is 1. The van der Waals surface area contributed by atoms with Gasteiger partial charge in [-0.05, 0) is 49.2 Å². The van der Waals surface area contributed by atoms with Gasteiger partial charge in [0.1, 0.15) is 0 Å². The summed E-state index contributed by atoms with van der Waals surface area (Å²) in [4.78, 5) is 15.2. The second-order valence-corrected chi connectivity index (χ2v) is 7.23. The predicted octanol–water partition coefficient (Wildman–Crippen LogP) is 4.51. The smallest absolute Gasteiger partial charge is 0.280 e. The first-order chi connectivity index (χ1) is 14.2. The van der Waals surface area contributed by atoms with Crippen LogP contribution in [0.2, 0.25) is 0 Å². The van der Waals surface area contributed by atoms with Gasteiger partial charge in [-0.1, -0.05) is 31.0 Å². The van der Waals surface area contributed by atoms with Crippen molar-refractivity contribution in [3.8, 4) is 11.4 Å². The Bertz CT molecular complexity index is 943. The summed E-state index contributed by atoms with van der Waals surface area (Å²) in [5.74, 6) is 0.145. The van der Waals surface area contributed by atoms with Crippen molar-refractivity contribution >= 4 is 17.3 Å². The molecule has 1 amide bonds. The van der Waals surface area contributed by atoms with E-state index in [0.717, 1.165) is 24.5 Å². The van der Waals surface area contributed by atoms with E-state index in [-0.39, 0.29) is 11.6 Å². The molecule has 29 heavy (non-hydrogen) atoms. The van der Waals surface area contributed by atoms with E-state index >= 15 is 0 Å². The van der Waals surface area contributed by atoms with Crippen molar-refractivity contribution in [1.29, 1.82) is 0 Å². The number of amides is 1. The van der Waals surface area contributed by atoms with Gasteiger partial charge >= 0.3 is 0 Å². The van der Waals surface area contributed by atoms with Crippen molar-refractivity contribution in [2.45, 2.75) is 25.7 Å². The highest BCUT2D eigenvalue weighted by atomic mass is 16.5. The monoisotopic (exact) mass is 390 g/mol. The van der Waals surface area contributed by atoms with Crippen molar-refractivity contribution in [2.75, 3.05) is 30.4 Å². The molecular formula is C23H26N4O2. The number of nitrogens with one attached hydrogen (secondary N) is 1. The van der Waals surface area contributed by atoms with E-state index in [1.165, 1.54) is 31.4 Å². The summed E-state index contributed by atoms with van der Waals surface area (Å²) in [7, 11) is 1.54. The summed E-state index contributed by atoms with van der Waals surface area (Å²) in [6, 6.07) is 17.7. The van der Waals surface area contributed by atoms with Crippen LogP contribution in [0, 0.1) is 0 Å². The first-order valence-electron chi connectivity index (χ1n) is 10.1. The number of nitrogens with zero attached hydrogens (tertiary/aromatic N) is 3. The van der Waals surface area contributed by atoms with E-state index in [1.807, 2.05) is 42.5 Å². The van der Waals surface area contributed by atoms with Crippen molar-refractivity contribution in [1.82, 2.24) is 9.78 Å². The molecular weight excluding hydrogens is 364 g/mol. The number of anilines is 2. The van der Waals surface area contributed by atoms with E-state index in [0.29, 0.717) is 5.75 Å². The Kier molecular flexibility index (Phi) is 5.79. The molecule has 1 fully saturated rings. The van der Waals surface area contributed by atoms with Crippen LogP contribution in [0.15, 0.2) is 60.8 Å². The summed E-state index contributed by atoms with van der Waals surface area (Å²) >= 11 is 0. The molecule has 0 spiro atoms. The lowest BCUT2D eigenvalue weighted by Crippen LogP contribution is -2.23. The molecule has 0 unspecified atom stereocenters. The van der Waals surface area contributed by atoms with Crippen molar-refractivity contribution in [3.05, 3.63) is 66.5 Å². The number of carbonyl (C=O) groups excluding carboxylic acids is 1. The fraction of sp³-hybridized carbons (Fsp3) is 0.304. The molecule has 150 valence electrons. The van der Waals surface area contributed by atoms with E-state index < -0.39 is 0 Å². The fourth-order valence-electron chi connectivity index (χ4n) is 3.65. The molecule has 2 heterocycles. The first kappa shape index (κ1) is 19.1. The maximum absolute atomic E-state index is 12.8. The quantitative estimate of drug-likeness (QED) is 0.696. The molecule has 1 saturated heterocycles. The van der Waals surface area contributed by atoms with Crippen LogP contribution in [0.4, 0.5) is 11.4 Å². The van der Waals surface area contributed by atoms with Gasteiger partial charge in [-0.25, -0.2) is 4.68 Å². The molecule has 0 saturated carbocycles. The van der Waals surface area contributed by atoms with Crippen LogP contribution in [-0.4, -0.2) is 35.9 Å². The minimum absolute atomic E-state index is 0.257. The van der Waals surface area contributed by atoms with Crippen LogP contribution in [-0.2, 0) is 0 Å². The van der Waals surface area contributed by atoms with Gasteiger partial charge in [0.15, 0.2) is 11.4 Å². The number of carbonyl (C=O) groups is 1. The highest BCUT2D eigenvalue weighted by molar-refractivity contribution is 6.04. The molecule has 4 rings (SSSR count). The van der Waals surface area contributed by atoms with Crippen LogP contribution in [0.25, 0.3) is 5.69 Å². The van der Waals surface area contributed by atoms with Gasteiger partial charge in [0.2, 0.25) is 0 Å². The molecule has 0 bridgehead atoms. The number of benzene rings is 2. The van der Waals surface area contributed by atoms with Crippen molar-refractivity contribution < 1.29 is 9.53 Å². The third-order valence-corrected chi connectivity index (χ3v) is 5.23. The molecule has 6 nitrogen and oxygen atoms in total. The zero-order valence-corrected chi connectivity index (χ0v) is 16.7. The van der Waals surface area contributed by atoms with E-state index in [4.69, 9.17) is 4.74 Å². The molecule has 0 aliphatic carbocycles. The Morgan fingerprint density at radius 1 is 0.931 bits per heavy atom. The van der Waals surface area contributed by atoms with Gasteiger partial charge in [-0.15, -0.1) is 0 Å². The van der Waals surface area contributed by atoms with Crippen LogP contribution >= 0.6 is 0 Å². The summed E-state index contributed by atoms with van der Waals surface area (Å²) < 4.78 is 7.01. The van der Waals surface area contributed by atoms with Crippen LogP contribution in [0.3, 0.4) is 0 Å². The Labute approximate surface area is 171 Å². The molecule has 1 aliphatic rings. The predicted molar refractivity (Wildman–Crippen MR) is 115 cm³/mol. The minimum atomic E-state index is -0.293. The third-order valence-electron chi connectivity index (χ3n) is 5.23. The molecule has 1 N–H and O–H groups in total. The van der Waals surface area contributed by atoms with E-state index in [1.54, 1.807) is 18.0 Å². The second-order valence-electron chi connectivity index (χ2n) is 7.23. The van der Waals surface area contributed by atoms with E-state index in [9.17, 15) is 4.79 Å². The van der Waals surface area contributed by atoms with Gasteiger partial charge in [0, 0.05) is 24.5 Å². The van der Waals surface area contributed by atoms with Gasteiger partial charge in [0.05, 0.1) is 19.0 Å². The summed E-state index contributed by atoms with van der Waals surface area (Å²) in [6.45, 7) is 2.19. The minimum Gasteiger partial charge on any atom is -0.493 e. The number of ether oxygens (including phenoxy) is 1. The summed E-state index contributed by atoms with van der Waals surface area (Å²) in [5, 5.41) is 7.35. The maximum Gasteiger partial charge on any atom is 0.280 e. The van der Waals surface area contributed by atoms with Crippen molar-refractivity contribution in [3.63, 3.8) is 0 Å². The number of hydrogen-bond acceptors (Lipinski definition) is 4. The largest absolute Gasteiger partial charge is 0.493 e. The zero-order valence-electron chi connectivity index (χ0n) is 16.7. The Morgan fingerprint density at radius 3 is 2.28 bits per heavy atom. The van der Waals surface area contributed by atoms with Crippen LogP contribution in [0.5, 0.6) is 5.75 Å². The lowest BCUT2D eigenvalue weighted by Gasteiger charge is -2.22. The normalized spacial score (nSPS) is 14.3. The summed E-state index contributed by atoms with van der Waals surface area (Å²) in [5.41, 5.74) is 3.07. The Morgan fingerprint density at radius 2 is 1.62 bits per heavy atom. The molecule has 1 aliphatic heterocycles. The van der Waals surface area contributed by atoms with Gasteiger partial charge in [-0.2, -0.15) is 5.10 Å². The second kappa shape index (κ2) is 8.82. The first-order valence-corrected chi connectivity index (χ1v) is 10.1. The van der Waals surface area contributed by atoms with Gasteiger partial charge in [0.25, 0.3) is 5.91 Å². The standard InChI is InChI=1S/C23H26N4O2/c1-29-21-17-27(20-9-5-4-6-10-20)25-22(21)23(28)24-18-11-13-19(14-12-18)26-15-7-2-3-8-16-26/h4-6,9-14,17H,2-3,7-8,15-16H2,1H3,(H,24,28). The number of hydrogen-bond donors (Lipinski definition) is 1. The fourth-order valence-corrected chi connectivity index (χ4v) is 3.65. The van der Waals surface area contributed by atoms with Crippen LogP contribution < -0.4 is 15.0 Å². The summed E-state index contributed by atoms with van der Waals surface area (Å²) in [6.07, 6.45) is 6.81. The maximum atomic E-state index is 12.8. The molecule has 2 aromatic carbocycles. The molecule has 0 atom stereocenters. The number of aromatic nitrogens is 2. The Balaban J connectivity index is 1.48. The average Bonchev–Trinajstić information content (AvgIpc) is 3.02. The van der Waals surface area contributed by atoms with Gasteiger partial charge < -0.3 is 15.0 Å². The lowest BCUT2D eigenvalue weighted by molar-refractivity contribution is 0.101. The van der Waals surface area contributed by atoms with Crippen molar-refractivity contribution in [2.24, 2.45) is 0 Å². The topological polar surface area (TPSA) is 59.4 Å². The number of rotatable bonds is 5. The molecule has 0 radical (unpaired) electrons. The lowest BCUT2D eigenvalue weighted by atomic mass is 10.2. The number of para-hydroxylation sites is 1. The van der Waals surface area contributed by atoms with Gasteiger partial charge in [-0.3, -0.25) is 4.79 Å². The molecule has 6 heteroatoms.